The molecule has 1 atom stereocenters. The summed E-state index contributed by atoms with van der Waals surface area (Å²) < 4.78 is 0. The molecule has 0 heterocycles. The molecule has 3 aliphatic carbocycles. The van der Waals surface area contributed by atoms with Gasteiger partial charge in [-0.05, 0) is 39.0 Å². The van der Waals surface area contributed by atoms with Crippen LogP contribution in [-0.4, -0.2) is 0 Å². The van der Waals surface area contributed by atoms with Gasteiger partial charge in [-0.1, -0.05) is 66.8 Å². The van der Waals surface area contributed by atoms with Crippen molar-refractivity contribution in [2.75, 3.05) is 0 Å². The Morgan fingerprint density at radius 2 is 1.47 bits per heavy atom. The van der Waals surface area contributed by atoms with E-state index in [1.165, 1.54) is 39.0 Å². The van der Waals surface area contributed by atoms with Gasteiger partial charge in [0.05, 0.1) is 0 Å². The molecule has 1 unspecified atom stereocenters. The van der Waals surface area contributed by atoms with Gasteiger partial charge >= 0.3 is 0 Å². The normalized spacial score (nSPS) is 21.1. The summed E-state index contributed by atoms with van der Waals surface area (Å²) in [6.45, 7) is 0. The molecule has 19 heavy (non-hydrogen) atoms. The van der Waals surface area contributed by atoms with E-state index in [1.54, 1.807) is 0 Å². The molecule has 0 saturated heterocycles. The highest BCUT2D eigenvalue weighted by molar-refractivity contribution is 6.10. The van der Waals surface area contributed by atoms with E-state index in [0.717, 1.165) is 0 Å². The second-order valence-corrected chi connectivity index (χ2v) is 5.36. The van der Waals surface area contributed by atoms with Crippen LogP contribution in [0.1, 0.15) is 28.2 Å². The van der Waals surface area contributed by atoms with Crippen LogP contribution in [0.2, 0.25) is 0 Å². The predicted molar refractivity (Wildman–Crippen MR) is 78.8 cm³/mol. The molecular weight excluding hydrogens is 228 g/mol. The molecule has 0 radical (unpaired) electrons. The minimum Gasteiger partial charge on any atom is -0.0726 e. The van der Waals surface area contributed by atoms with Crippen LogP contribution >= 0.6 is 0 Å². The zero-order valence-electron chi connectivity index (χ0n) is 10.4. The molecule has 0 saturated carbocycles. The van der Waals surface area contributed by atoms with Crippen molar-refractivity contribution in [3.63, 3.8) is 0 Å². The average Bonchev–Trinajstić information content (AvgIpc) is 2.99. The van der Waals surface area contributed by atoms with Crippen LogP contribution < -0.4 is 0 Å². The quantitative estimate of drug-likeness (QED) is 0.633. The van der Waals surface area contributed by atoms with Gasteiger partial charge in [-0.25, -0.2) is 0 Å². The van der Waals surface area contributed by atoms with Crippen molar-refractivity contribution < 1.29 is 0 Å². The van der Waals surface area contributed by atoms with E-state index in [9.17, 15) is 0 Å². The molecular formula is C19H12. The van der Waals surface area contributed by atoms with E-state index in [-0.39, 0.29) is 0 Å². The van der Waals surface area contributed by atoms with Crippen LogP contribution in [0.4, 0.5) is 0 Å². The molecule has 3 aliphatic rings. The first-order chi connectivity index (χ1) is 9.45. The monoisotopic (exact) mass is 240 g/mol. The molecule has 0 fully saturated rings. The Hall–Kier alpha value is -2.34. The van der Waals surface area contributed by atoms with Gasteiger partial charge < -0.3 is 0 Å². The molecule has 5 rings (SSSR count). The topological polar surface area (TPSA) is 0 Å². The van der Waals surface area contributed by atoms with E-state index >= 15 is 0 Å². The zero-order valence-corrected chi connectivity index (χ0v) is 10.4. The van der Waals surface area contributed by atoms with Crippen LogP contribution in [0.5, 0.6) is 0 Å². The van der Waals surface area contributed by atoms with Gasteiger partial charge in [0.25, 0.3) is 0 Å². The average molecular weight is 240 g/mol. The molecule has 2 aromatic rings. The number of benzene rings is 2. The van der Waals surface area contributed by atoms with Crippen molar-refractivity contribution in [2.45, 2.75) is 5.92 Å². The molecule has 0 bridgehead atoms. The standard InChI is InChI=1S/C19H12/c1-3-8-14-12(6-1)16-10-5-11-17-13-7-2-4-9-15(13)18(14)19(16)17/h1-11,16H. The fraction of sp³-hybridized carbons (Fsp3) is 0.0526. The molecule has 0 N–H and O–H groups in total. The predicted octanol–water partition coefficient (Wildman–Crippen LogP) is 4.55. The molecule has 0 aliphatic heterocycles. The number of rotatable bonds is 0. The van der Waals surface area contributed by atoms with Crippen molar-refractivity contribution in [3.05, 3.63) is 94.6 Å². The van der Waals surface area contributed by atoms with Crippen LogP contribution in [0.15, 0.2) is 72.3 Å². The van der Waals surface area contributed by atoms with E-state index in [0.29, 0.717) is 5.92 Å². The largest absolute Gasteiger partial charge is 0.0726 e. The van der Waals surface area contributed by atoms with Gasteiger partial charge in [-0.15, -0.1) is 0 Å². The van der Waals surface area contributed by atoms with Gasteiger partial charge in [0, 0.05) is 5.92 Å². The van der Waals surface area contributed by atoms with Crippen molar-refractivity contribution in [2.24, 2.45) is 0 Å². The van der Waals surface area contributed by atoms with Gasteiger partial charge in [-0.3, -0.25) is 0 Å². The number of hydrogen-bond donors (Lipinski definition) is 0. The lowest BCUT2D eigenvalue weighted by Gasteiger charge is -2.17. The van der Waals surface area contributed by atoms with Gasteiger partial charge in [0.1, 0.15) is 0 Å². The third-order valence-corrected chi connectivity index (χ3v) is 4.49. The lowest BCUT2D eigenvalue weighted by molar-refractivity contribution is 1.06. The summed E-state index contributed by atoms with van der Waals surface area (Å²) in [6.07, 6.45) is 6.81. The smallest absolute Gasteiger partial charge is 0.0291 e. The maximum absolute atomic E-state index is 2.33. The summed E-state index contributed by atoms with van der Waals surface area (Å²) in [7, 11) is 0. The van der Waals surface area contributed by atoms with Gasteiger partial charge in [-0.2, -0.15) is 0 Å². The Morgan fingerprint density at radius 3 is 2.37 bits per heavy atom. The summed E-state index contributed by atoms with van der Waals surface area (Å²) in [5.41, 5.74) is 10.1. The minimum atomic E-state index is 0.457. The summed E-state index contributed by atoms with van der Waals surface area (Å²) in [5, 5.41) is 0. The summed E-state index contributed by atoms with van der Waals surface area (Å²) in [6, 6.07) is 17.6. The van der Waals surface area contributed by atoms with Crippen molar-refractivity contribution in [3.8, 4) is 0 Å². The Morgan fingerprint density at radius 1 is 0.737 bits per heavy atom. The lowest BCUT2D eigenvalue weighted by Crippen LogP contribution is -2.00. The molecule has 2 aromatic carbocycles. The molecule has 0 amide bonds. The first-order valence-corrected chi connectivity index (χ1v) is 6.77. The maximum atomic E-state index is 2.33. The van der Waals surface area contributed by atoms with Crippen LogP contribution in [0.25, 0.3) is 11.1 Å². The second kappa shape index (κ2) is 3.16. The van der Waals surface area contributed by atoms with Gasteiger partial charge in [0.2, 0.25) is 0 Å². The van der Waals surface area contributed by atoms with Crippen LogP contribution in [0, 0.1) is 0 Å². The van der Waals surface area contributed by atoms with E-state index in [4.69, 9.17) is 0 Å². The Bertz CT molecular complexity index is 815. The number of hydrogen-bond acceptors (Lipinski definition) is 0. The number of fused-ring (bicyclic) bond motifs is 6. The maximum Gasteiger partial charge on any atom is 0.0291 e. The molecule has 0 heteroatoms. The Labute approximate surface area is 112 Å². The SMILES string of the molecule is C1=CC2C3=C(c4ccccc4C3=C1)c1ccccc12. The molecule has 0 nitrogen and oxygen atoms in total. The Balaban J connectivity index is 1.95. The van der Waals surface area contributed by atoms with Crippen molar-refractivity contribution >= 4 is 11.1 Å². The molecule has 0 spiro atoms. The van der Waals surface area contributed by atoms with Crippen molar-refractivity contribution in [1.29, 1.82) is 0 Å². The first kappa shape index (κ1) is 9.57. The summed E-state index contributed by atoms with van der Waals surface area (Å²) in [4.78, 5) is 0. The third kappa shape index (κ3) is 1.01. The highest BCUT2D eigenvalue weighted by atomic mass is 14.4. The van der Waals surface area contributed by atoms with Crippen LogP contribution in [-0.2, 0) is 0 Å². The van der Waals surface area contributed by atoms with Crippen molar-refractivity contribution in [1.82, 2.24) is 0 Å². The minimum absolute atomic E-state index is 0.457. The van der Waals surface area contributed by atoms with E-state index in [2.05, 4.69) is 66.8 Å². The highest BCUT2D eigenvalue weighted by Gasteiger charge is 2.38. The Kier molecular flexibility index (Phi) is 1.59. The lowest BCUT2D eigenvalue weighted by atomic mass is 9.85. The van der Waals surface area contributed by atoms with E-state index < -0.39 is 0 Å². The summed E-state index contributed by atoms with van der Waals surface area (Å²) >= 11 is 0. The number of allylic oxidation sites excluding steroid dienone is 5. The second-order valence-electron chi connectivity index (χ2n) is 5.36. The molecule has 88 valence electrons. The first-order valence-electron chi connectivity index (χ1n) is 6.77. The molecule has 0 aromatic heterocycles. The van der Waals surface area contributed by atoms with Crippen LogP contribution in [0.3, 0.4) is 0 Å². The summed E-state index contributed by atoms with van der Waals surface area (Å²) in [5.74, 6) is 0.457. The van der Waals surface area contributed by atoms with Gasteiger partial charge in [0.15, 0.2) is 0 Å². The highest BCUT2D eigenvalue weighted by Crippen LogP contribution is 2.57. The zero-order chi connectivity index (χ0) is 12.4. The van der Waals surface area contributed by atoms with E-state index in [1.807, 2.05) is 0 Å². The fourth-order valence-corrected chi connectivity index (χ4v) is 3.77. The third-order valence-electron chi connectivity index (χ3n) is 4.49. The fourth-order valence-electron chi connectivity index (χ4n) is 3.77.